The van der Waals surface area contributed by atoms with E-state index < -0.39 is 0 Å². The number of anilines is 1. The number of aromatic amines is 1. The van der Waals surface area contributed by atoms with Crippen LogP contribution in [0.5, 0.6) is 0 Å². The van der Waals surface area contributed by atoms with Gasteiger partial charge in [0.1, 0.15) is 0 Å². The van der Waals surface area contributed by atoms with E-state index in [1.165, 1.54) is 0 Å². The molecule has 0 saturated heterocycles. The summed E-state index contributed by atoms with van der Waals surface area (Å²) < 4.78 is 0. The van der Waals surface area contributed by atoms with Crippen LogP contribution in [-0.4, -0.2) is 15.2 Å². The van der Waals surface area contributed by atoms with Crippen molar-refractivity contribution in [3.05, 3.63) is 53.6 Å². The minimum Gasteiger partial charge on any atom is -0.324 e. The Bertz CT molecular complexity index is 721. The third-order valence-electron chi connectivity index (χ3n) is 2.63. The lowest BCUT2D eigenvalue weighted by Crippen LogP contribution is -2.05. The summed E-state index contributed by atoms with van der Waals surface area (Å²) in [4.78, 5) is 20.1. The van der Waals surface area contributed by atoms with E-state index in [1.54, 1.807) is 24.3 Å². The smallest absolute Gasteiger partial charge is 0.290 e. The van der Waals surface area contributed by atoms with Crippen molar-refractivity contribution < 1.29 is 4.79 Å². The number of nitrogens with one attached hydrogen (secondary N) is 2. The maximum absolute atomic E-state index is 11.9. The second kappa shape index (κ2) is 5.56. The fraction of sp³-hybridized carbons (Fsp3) is 0. The van der Waals surface area contributed by atoms with Crippen molar-refractivity contribution in [3.63, 3.8) is 0 Å². The van der Waals surface area contributed by atoms with Crippen LogP contribution >= 0.6 is 23.4 Å². The zero-order valence-corrected chi connectivity index (χ0v) is 11.8. The SMILES string of the molecule is O=C(Nc1nc2ccccc2[nH]1)Sc1ccc(Cl)cc1. The predicted molar refractivity (Wildman–Crippen MR) is 82.4 cm³/mol. The van der Waals surface area contributed by atoms with Gasteiger partial charge in [-0.1, -0.05) is 23.7 Å². The lowest BCUT2D eigenvalue weighted by atomic mass is 10.3. The Hall–Kier alpha value is -1.98. The summed E-state index contributed by atoms with van der Waals surface area (Å²) in [5.41, 5.74) is 1.71. The lowest BCUT2D eigenvalue weighted by Gasteiger charge is -2.01. The van der Waals surface area contributed by atoms with Crippen molar-refractivity contribution in [2.75, 3.05) is 5.32 Å². The van der Waals surface area contributed by atoms with Crippen LogP contribution in [0.2, 0.25) is 5.02 Å². The van der Waals surface area contributed by atoms with Gasteiger partial charge in [-0.2, -0.15) is 0 Å². The number of para-hydroxylation sites is 2. The number of halogens is 1. The normalized spacial score (nSPS) is 10.7. The highest BCUT2D eigenvalue weighted by Crippen LogP contribution is 2.22. The molecule has 0 aliphatic rings. The topological polar surface area (TPSA) is 57.8 Å². The number of hydrogen-bond donors (Lipinski definition) is 2. The molecule has 0 atom stereocenters. The number of thioether (sulfide) groups is 1. The molecule has 4 nitrogen and oxygen atoms in total. The van der Waals surface area contributed by atoms with Crippen LogP contribution in [-0.2, 0) is 0 Å². The summed E-state index contributed by atoms with van der Waals surface area (Å²) in [6, 6.07) is 14.7. The Morgan fingerprint density at radius 3 is 2.65 bits per heavy atom. The minimum atomic E-state index is -0.202. The summed E-state index contributed by atoms with van der Waals surface area (Å²) in [5.74, 6) is 0.442. The number of imidazole rings is 1. The van der Waals surface area contributed by atoms with Gasteiger partial charge < -0.3 is 4.98 Å². The van der Waals surface area contributed by atoms with Crippen LogP contribution in [0.3, 0.4) is 0 Å². The van der Waals surface area contributed by atoms with Crippen LogP contribution in [0.1, 0.15) is 0 Å². The van der Waals surface area contributed by atoms with Gasteiger partial charge in [-0.15, -0.1) is 0 Å². The molecule has 0 bridgehead atoms. The van der Waals surface area contributed by atoms with E-state index in [1.807, 2.05) is 24.3 Å². The van der Waals surface area contributed by atoms with Gasteiger partial charge in [0.2, 0.25) is 5.95 Å². The first-order valence-electron chi connectivity index (χ1n) is 5.90. The van der Waals surface area contributed by atoms with Crippen molar-refractivity contribution in [3.8, 4) is 0 Å². The minimum absolute atomic E-state index is 0.202. The molecule has 1 heterocycles. The van der Waals surface area contributed by atoms with Gasteiger partial charge in [0.15, 0.2) is 0 Å². The first-order chi connectivity index (χ1) is 9.70. The molecule has 6 heteroatoms. The number of nitrogens with zero attached hydrogens (tertiary/aromatic N) is 1. The fourth-order valence-corrected chi connectivity index (χ4v) is 2.50. The molecule has 0 aliphatic carbocycles. The van der Waals surface area contributed by atoms with E-state index in [0.717, 1.165) is 27.7 Å². The maximum Gasteiger partial charge on any atom is 0.290 e. The largest absolute Gasteiger partial charge is 0.324 e. The maximum atomic E-state index is 11.9. The van der Waals surface area contributed by atoms with Gasteiger partial charge in [-0.25, -0.2) is 4.98 Å². The summed E-state index contributed by atoms with van der Waals surface area (Å²) in [5, 5.41) is 3.16. The van der Waals surface area contributed by atoms with Gasteiger partial charge in [0.25, 0.3) is 5.24 Å². The van der Waals surface area contributed by atoms with Crippen molar-refractivity contribution in [1.82, 2.24) is 9.97 Å². The van der Waals surface area contributed by atoms with Crippen molar-refractivity contribution in [2.24, 2.45) is 0 Å². The summed E-state index contributed by atoms with van der Waals surface area (Å²) in [6.45, 7) is 0. The second-order valence-corrected chi connectivity index (χ2v) is 5.55. The Balaban J connectivity index is 1.70. The monoisotopic (exact) mass is 303 g/mol. The highest BCUT2D eigenvalue weighted by Gasteiger charge is 2.08. The second-order valence-electron chi connectivity index (χ2n) is 4.07. The van der Waals surface area contributed by atoms with Crippen LogP contribution in [0.4, 0.5) is 10.7 Å². The number of hydrogen-bond acceptors (Lipinski definition) is 3. The number of benzene rings is 2. The molecule has 0 unspecified atom stereocenters. The third-order valence-corrected chi connectivity index (χ3v) is 3.68. The zero-order valence-electron chi connectivity index (χ0n) is 10.3. The van der Waals surface area contributed by atoms with Crippen LogP contribution in [0, 0.1) is 0 Å². The molecule has 3 aromatic rings. The molecule has 0 radical (unpaired) electrons. The van der Waals surface area contributed by atoms with Gasteiger partial charge >= 0.3 is 0 Å². The van der Waals surface area contributed by atoms with Crippen molar-refractivity contribution in [1.29, 1.82) is 0 Å². The highest BCUT2D eigenvalue weighted by atomic mass is 35.5. The van der Waals surface area contributed by atoms with E-state index in [9.17, 15) is 4.79 Å². The van der Waals surface area contributed by atoms with E-state index >= 15 is 0 Å². The molecule has 1 amide bonds. The number of carbonyl (C=O) groups excluding carboxylic acids is 1. The van der Waals surface area contributed by atoms with Gasteiger partial charge in [0.05, 0.1) is 11.0 Å². The molecule has 0 spiro atoms. The molecular weight excluding hydrogens is 294 g/mol. The molecule has 0 saturated carbocycles. The number of amides is 1. The average Bonchev–Trinajstić information content (AvgIpc) is 2.83. The van der Waals surface area contributed by atoms with Gasteiger partial charge in [-0.3, -0.25) is 10.1 Å². The van der Waals surface area contributed by atoms with E-state index in [4.69, 9.17) is 11.6 Å². The molecule has 0 aliphatic heterocycles. The first kappa shape index (κ1) is 13.0. The number of rotatable bonds is 2. The molecule has 1 aromatic heterocycles. The summed E-state index contributed by atoms with van der Waals surface area (Å²) >= 11 is 6.89. The number of aromatic nitrogens is 2. The van der Waals surface area contributed by atoms with E-state index in [-0.39, 0.29) is 5.24 Å². The van der Waals surface area contributed by atoms with Crippen LogP contribution in [0.25, 0.3) is 11.0 Å². The van der Waals surface area contributed by atoms with E-state index in [0.29, 0.717) is 11.0 Å². The molecule has 3 rings (SSSR count). The standard InChI is InChI=1S/C14H10ClN3OS/c15-9-5-7-10(8-6-9)20-14(19)18-13-16-11-3-1-2-4-12(11)17-13/h1-8H,(H2,16,17,18,19). The number of H-pyrrole nitrogens is 1. The zero-order chi connectivity index (χ0) is 13.9. The number of fused-ring (bicyclic) bond motifs is 1. The predicted octanol–water partition coefficient (Wildman–Crippen LogP) is 4.54. The van der Waals surface area contributed by atoms with E-state index in [2.05, 4.69) is 15.3 Å². The average molecular weight is 304 g/mol. The van der Waals surface area contributed by atoms with Crippen molar-refractivity contribution >= 4 is 45.6 Å². The van der Waals surface area contributed by atoms with Gasteiger partial charge in [0, 0.05) is 9.92 Å². The Kier molecular flexibility index (Phi) is 3.62. The number of carbonyl (C=O) groups is 1. The Morgan fingerprint density at radius 2 is 1.90 bits per heavy atom. The van der Waals surface area contributed by atoms with Crippen molar-refractivity contribution in [2.45, 2.75) is 4.90 Å². The van der Waals surface area contributed by atoms with Crippen LogP contribution < -0.4 is 5.32 Å². The molecule has 0 fully saturated rings. The molecular formula is C14H10ClN3OS. The molecule has 2 aromatic carbocycles. The Morgan fingerprint density at radius 1 is 1.15 bits per heavy atom. The quantitative estimate of drug-likeness (QED) is 0.683. The highest BCUT2D eigenvalue weighted by molar-refractivity contribution is 8.13. The Labute approximate surface area is 124 Å². The molecule has 2 N–H and O–H groups in total. The summed E-state index contributed by atoms with van der Waals surface area (Å²) in [7, 11) is 0. The summed E-state index contributed by atoms with van der Waals surface area (Å²) in [6.07, 6.45) is 0. The molecule has 100 valence electrons. The first-order valence-corrected chi connectivity index (χ1v) is 7.09. The third kappa shape index (κ3) is 2.95. The van der Waals surface area contributed by atoms with Gasteiger partial charge in [-0.05, 0) is 48.2 Å². The molecule has 20 heavy (non-hydrogen) atoms. The van der Waals surface area contributed by atoms with Crippen LogP contribution in [0.15, 0.2) is 53.4 Å². The fourth-order valence-electron chi connectivity index (χ4n) is 1.74. The lowest BCUT2D eigenvalue weighted by molar-refractivity contribution is 0.269.